The van der Waals surface area contributed by atoms with E-state index in [0.717, 1.165) is 45.3 Å². The molecule has 0 saturated heterocycles. The van der Waals surface area contributed by atoms with Crippen molar-refractivity contribution in [1.82, 2.24) is 29.1 Å². The first-order valence-electron chi connectivity index (χ1n) is 12.3. The van der Waals surface area contributed by atoms with Gasteiger partial charge in [-0.2, -0.15) is 14.9 Å². The number of pyridine rings is 1. The Labute approximate surface area is 202 Å². The third kappa shape index (κ3) is 3.41. The molecule has 0 bridgehead atoms. The van der Waals surface area contributed by atoms with Gasteiger partial charge in [-0.3, -0.25) is 14.5 Å². The monoisotopic (exact) mass is 462 g/mol. The van der Waals surface area contributed by atoms with Gasteiger partial charge in [0.25, 0.3) is 5.56 Å². The number of aromatic nitrogens is 6. The molecule has 4 heterocycles. The molecule has 0 radical (unpaired) electrons. The van der Waals surface area contributed by atoms with Gasteiger partial charge >= 0.3 is 0 Å². The topological polar surface area (TPSA) is 70.5 Å². The highest BCUT2D eigenvalue weighted by Crippen LogP contribution is 2.40. The smallest absolute Gasteiger partial charge is 0.281 e. The van der Waals surface area contributed by atoms with Gasteiger partial charge in [-0.1, -0.05) is 18.7 Å². The first-order chi connectivity index (χ1) is 17.1. The maximum Gasteiger partial charge on any atom is 0.281 e. The van der Waals surface area contributed by atoms with Crippen LogP contribution in [0.1, 0.15) is 42.9 Å². The average molecular weight is 463 g/mol. The largest absolute Gasteiger partial charge is 0.345 e. The lowest BCUT2D eigenvalue weighted by Crippen LogP contribution is -2.24. The Hall–Kier alpha value is -4.00. The molecule has 0 aliphatic heterocycles. The molecule has 35 heavy (non-hydrogen) atoms. The fourth-order valence-corrected chi connectivity index (χ4v) is 5.04. The zero-order valence-electron chi connectivity index (χ0n) is 19.7. The summed E-state index contributed by atoms with van der Waals surface area (Å²) in [6.45, 7) is 4.92. The third-order valence-electron chi connectivity index (χ3n) is 7.21. The van der Waals surface area contributed by atoms with Gasteiger partial charge in [0, 0.05) is 60.3 Å². The van der Waals surface area contributed by atoms with Crippen LogP contribution in [0.3, 0.4) is 0 Å². The Kier molecular flexibility index (Phi) is 4.37. The molecule has 7 rings (SSSR count). The van der Waals surface area contributed by atoms with Crippen molar-refractivity contribution in [3.05, 3.63) is 77.1 Å². The van der Waals surface area contributed by atoms with Crippen LogP contribution >= 0.6 is 0 Å². The van der Waals surface area contributed by atoms with Crippen LogP contribution in [-0.2, 0) is 13.6 Å². The number of hydrogen-bond acceptors (Lipinski definition) is 4. The quantitative estimate of drug-likeness (QED) is 0.353. The zero-order valence-corrected chi connectivity index (χ0v) is 19.7. The molecule has 5 aromatic rings. The van der Waals surface area contributed by atoms with Crippen LogP contribution in [0.15, 0.2) is 60.3 Å². The van der Waals surface area contributed by atoms with Crippen molar-refractivity contribution >= 4 is 28.0 Å². The second kappa shape index (κ2) is 7.50. The van der Waals surface area contributed by atoms with Crippen LogP contribution in [0.5, 0.6) is 0 Å². The SMILES string of the molecule is C=Cc1cn(CC2CC2)c2c(-c3ccc(C4CC4)nc3)c(=O)n(-c3ccc4nn(C)cc4c3)nc12. The summed E-state index contributed by atoms with van der Waals surface area (Å²) >= 11 is 0. The highest BCUT2D eigenvalue weighted by atomic mass is 16.1. The summed E-state index contributed by atoms with van der Waals surface area (Å²) in [6, 6.07) is 9.93. The van der Waals surface area contributed by atoms with Gasteiger partial charge in [0.15, 0.2) is 0 Å². The van der Waals surface area contributed by atoms with Crippen LogP contribution < -0.4 is 5.56 Å². The van der Waals surface area contributed by atoms with E-state index in [1.54, 1.807) is 4.68 Å². The molecular weight excluding hydrogens is 436 g/mol. The standard InChI is InChI=1S/C28H26N6O/c1-3-18-16-33(14-17-4-5-17)27-25(20-8-10-23(29-13-20)19-6-7-19)28(35)34(31-26(18)27)22-9-11-24-21(12-22)15-32(2)30-24/h3,8-13,15-17,19H,1,4-7,14H2,2H3. The third-order valence-corrected chi connectivity index (χ3v) is 7.21. The Morgan fingerprint density at radius 1 is 1.09 bits per heavy atom. The molecule has 174 valence electrons. The zero-order chi connectivity index (χ0) is 23.7. The van der Waals surface area contributed by atoms with E-state index in [9.17, 15) is 4.79 Å². The summed E-state index contributed by atoms with van der Waals surface area (Å²) in [6.07, 6.45) is 12.6. The highest BCUT2D eigenvalue weighted by Gasteiger charge is 2.27. The van der Waals surface area contributed by atoms with Crippen LogP contribution in [0, 0.1) is 5.92 Å². The van der Waals surface area contributed by atoms with E-state index in [1.165, 1.54) is 30.4 Å². The average Bonchev–Trinajstić information content (AvgIpc) is 3.79. The first-order valence-corrected chi connectivity index (χ1v) is 12.3. The van der Waals surface area contributed by atoms with Crippen LogP contribution in [0.25, 0.3) is 44.8 Å². The lowest BCUT2D eigenvalue weighted by Gasteiger charge is -2.13. The summed E-state index contributed by atoms with van der Waals surface area (Å²) in [5, 5.41) is 10.3. The van der Waals surface area contributed by atoms with Crippen molar-refractivity contribution in [3.63, 3.8) is 0 Å². The maximum atomic E-state index is 14.1. The van der Waals surface area contributed by atoms with Gasteiger partial charge in [0.2, 0.25) is 0 Å². The van der Waals surface area contributed by atoms with Crippen molar-refractivity contribution < 1.29 is 0 Å². The van der Waals surface area contributed by atoms with Crippen molar-refractivity contribution in [2.45, 2.75) is 38.1 Å². The molecule has 0 N–H and O–H groups in total. The van der Waals surface area contributed by atoms with E-state index < -0.39 is 0 Å². The summed E-state index contributed by atoms with van der Waals surface area (Å²) in [4.78, 5) is 18.9. The van der Waals surface area contributed by atoms with Crippen LogP contribution in [0.2, 0.25) is 0 Å². The number of fused-ring (bicyclic) bond motifs is 2. The van der Waals surface area contributed by atoms with Gasteiger partial charge in [-0.25, -0.2) is 0 Å². The van der Waals surface area contributed by atoms with Crippen molar-refractivity contribution in [3.8, 4) is 16.8 Å². The number of benzene rings is 1. The Morgan fingerprint density at radius 2 is 1.94 bits per heavy atom. The molecule has 2 aliphatic carbocycles. The van der Waals surface area contributed by atoms with Crippen LogP contribution in [-0.4, -0.2) is 29.1 Å². The van der Waals surface area contributed by atoms with Gasteiger partial charge in [0.1, 0.15) is 5.52 Å². The molecule has 0 spiro atoms. The second-order valence-corrected chi connectivity index (χ2v) is 9.97. The molecule has 7 heteroatoms. The number of aryl methyl sites for hydroxylation is 1. The molecule has 2 fully saturated rings. The lowest BCUT2D eigenvalue weighted by atomic mass is 10.1. The summed E-state index contributed by atoms with van der Waals surface area (Å²) < 4.78 is 5.50. The number of nitrogens with zero attached hydrogens (tertiary/aromatic N) is 6. The minimum Gasteiger partial charge on any atom is -0.345 e. The van der Waals surface area contributed by atoms with Gasteiger partial charge < -0.3 is 4.57 Å². The van der Waals surface area contributed by atoms with E-state index in [1.807, 2.05) is 49.8 Å². The lowest BCUT2D eigenvalue weighted by molar-refractivity contribution is 0.646. The van der Waals surface area contributed by atoms with Gasteiger partial charge in [0.05, 0.1) is 22.3 Å². The summed E-state index contributed by atoms with van der Waals surface area (Å²) in [7, 11) is 1.89. The minimum absolute atomic E-state index is 0.146. The van der Waals surface area contributed by atoms with E-state index in [2.05, 4.69) is 28.5 Å². The summed E-state index contributed by atoms with van der Waals surface area (Å²) in [5.74, 6) is 1.22. The van der Waals surface area contributed by atoms with Gasteiger partial charge in [-0.15, -0.1) is 0 Å². The normalized spacial score (nSPS) is 15.8. The fraction of sp³-hybridized carbons (Fsp3) is 0.286. The fourth-order valence-electron chi connectivity index (χ4n) is 5.04. The maximum absolute atomic E-state index is 14.1. The number of rotatable bonds is 6. The molecular formula is C28H26N6O. The molecule has 0 unspecified atom stereocenters. The molecule has 2 aliphatic rings. The molecule has 0 atom stereocenters. The highest BCUT2D eigenvalue weighted by molar-refractivity contribution is 5.96. The van der Waals surface area contributed by atoms with E-state index in [0.29, 0.717) is 23.1 Å². The summed E-state index contributed by atoms with van der Waals surface area (Å²) in [5.41, 5.74) is 6.62. The second-order valence-electron chi connectivity index (χ2n) is 9.97. The predicted octanol–water partition coefficient (Wildman–Crippen LogP) is 5.07. The molecule has 1 aromatic carbocycles. The van der Waals surface area contributed by atoms with Crippen molar-refractivity contribution in [2.24, 2.45) is 13.0 Å². The Balaban J connectivity index is 1.50. The Bertz CT molecular complexity index is 1680. The first kappa shape index (κ1) is 20.4. The van der Waals surface area contributed by atoms with Gasteiger partial charge in [-0.05, 0) is 55.9 Å². The predicted molar refractivity (Wildman–Crippen MR) is 138 cm³/mol. The molecule has 7 nitrogen and oxygen atoms in total. The molecule has 0 amide bonds. The molecule has 4 aromatic heterocycles. The van der Waals surface area contributed by atoms with E-state index in [-0.39, 0.29) is 5.56 Å². The number of hydrogen-bond donors (Lipinski definition) is 0. The van der Waals surface area contributed by atoms with E-state index >= 15 is 0 Å². The van der Waals surface area contributed by atoms with Crippen molar-refractivity contribution in [2.75, 3.05) is 0 Å². The van der Waals surface area contributed by atoms with E-state index in [4.69, 9.17) is 10.1 Å². The minimum atomic E-state index is -0.146. The molecule has 2 saturated carbocycles. The Morgan fingerprint density at radius 3 is 2.66 bits per heavy atom. The van der Waals surface area contributed by atoms with Crippen LogP contribution in [0.4, 0.5) is 0 Å². The van der Waals surface area contributed by atoms with Crippen molar-refractivity contribution in [1.29, 1.82) is 0 Å².